The number of carbonyl (C=O) groups is 1. The highest BCUT2D eigenvalue weighted by Crippen LogP contribution is 2.29. The summed E-state index contributed by atoms with van der Waals surface area (Å²) in [6.07, 6.45) is 0. The molecule has 0 aliphatic heterocycles. The van der Waals surface area contributed by atoms with Crippen LogP contribution in [0.1, 0.15) is 11.1 Å². The third-order valence-electron chi connectivity index (χ3n) is 4.34. The highest BCUT2D eigenvalue weighted by molar-refractivity contribution is 6.31. The number of nitrogens with one attached hydrogen (secondary N) is 2. The van der Waals surface area contributed by atoms with Gasteiger partial charge in [0.2, 0.25) is 0 Å². The molecule has 3 aromatic carbocycles. The molecule has 156 valence electrons. The Hall–Kier alpha value is -3.25. The first-order chi connectivity index (χ1) is 14.4. The van der Waals surface area contributed by atoms with Crippen molar-refractivity contribution >= 4 is 28.9 Å². The normalized spacial score (nSPS) is 10.4. The average Bonchev–Trinajstić information content (AvgIpc) is 2.75. The van der Waals surface area contributed by atoms with Crippen molar-refractivity contribution < 1.29 is 18.7 Å². The van der Waals surface area contributed by atoms with Crippen molar-refractivity contribution in [3.8, 4) is 11.5 Å². The summed E-state index contributed by atoms with van der Waals surface area (Å²) in [5.74, 6) is 0.247. The van der Waals surface area contributed by atoms with Gasteiger partial charge in [0.15, 0.2) is 18.1 Å². The molecule has 5 nitrogen and oxygen atoms in total. The van der Waals surface area contributed by atoms with Crippen LogP contribution in [0.4, 0.5) is 15.8 Å². The molecule has 0 aliphatic rings. The Bertz CT molecular complexity index is 1030. The number of benzene rings is 3. The molecular formula is C23H22ClFN2O3. The van der Waals surface area contributed by atoms with Gasteiger partial charge in [-0.25, -0.2) is 4.39 Å². The molecule has 0 spiro atoms. The average molecular weight is 429 g/mol. The Morgan fingerprint density at radius 3 is 2.43 bits per heavy atom. The van der Waals surface area contributed by atoms with E-state index in [1.54, 1.807) is 12.1 Å². The maximum absolute atomic E-state index is 13.3. The predicted octanol–water partition coefficient (Wildman–Crippen LogP) is 5.43. The van der Waals surface area contributed by atoms with Crippen LogP contribution in [0.25, 0.3) is 0 Å². The summed E-state index contributed by atoms with van der Waals surface area (Å²) in [5.41, 5.74) is 3.45. The van der Waals surface area contributed by atoms with Gasteiger partial charge < -0.3 is 20.1 Å². The number of hydrogen-bond donors (Lipinski definition) is 2. The van der Waals surface area contributed by atoms with Crippen molar-refractivity contribution in [2.45, 2.75) is 13.5 Å². The van der Waals surface area contributed by atoms with E-state index in [1.807, 2.05) is 43.3 Å². The van der Waals surface area contributed by atoms with E-state index in [2.05, 4.69) is 10.6 Å². The Labute approximate surface area is 179 Å². The van der Waals surface area contributed by atoms with Crippen molar-refractivity contribution in [3.05, 3.63) is 82.6 Å². The van der Waals surface area contributed by atoms with Crippen LogP contribution >= 0.6 is 11.6 Å². The fourth-order valence-electron chi connectivity index (χ4n) is 2.73. The second kappa shape index (κ2) is 9.98. The van der Waals surface area contributed by atoms with Gasteiger partial charge in [0, 0.05) is 17.9 Å². The number of halogens is 2. The molecule has 2 N–H and O–H groups in total. The number of carbonyl (C=O) groups excluding carboxylic acids is 1. The van der Waals surface area contributed by atoms with E-state index in [0.717, 1.165) is 11.1 Å². The van der Waals surface area contributed by atoms with Gasteiger partial charge >= 0.3 is 0 Å². The van der Waals surface area contributed by atoms with Crippen LogP contribution in [0.3, 0.4) is 0 Å². The fourth-order valence-corrected chi connectivity index (χ4v) is 2.91. The van der Waals surface area contributed by atoms with Gasteiger partial charge in [0.1, 0.15) is 5.82 Å². The second-order valence-electron chi connectivity index (χ2n) is 6.67. The van der Waals surface area contributed by atoms with Gasteiger partial charge in [-0.15, -0.1) is 0 Å². The van der Waals surface area contributed by atoms with Crippen LogP contribution in [0.2, 0.25) is 5.02 Å². The van der Waals surface area contributed by atoms with Crippen molar-refractivity contribution in [2.75, 3.05) is 24.4 Å². The van der Waals surface area contributed by atoms with Gasteiger partial charge in [-0.2, -0.15) is 0 Å². The fraction of sp³-hybridized carbons (Fsp3) is 0.174. The summed E-state index contributed by atoms with van der Waals surface area (Å²) in [7, 11) is 1.53. The van der Waals surface area contributed by atoms with E-state index >= 15 is 0 Å². The first-order valence-electron chi connectivity index (χ1n) is 9.30. The lowest BCUT2D eigenvalue weighted by atomic mass is 10.2. The third kappa shape index (κ3) is 5.87. The zero-order valence-corrected chi connectivity index (χ0v) is 17.4. The van der Waals surface area contributed by atoms with Gasteiger partial charge in [-0.3, -0.25) is 4.79 Å². The smallest absolute Gasteiger partial charge is 0.262 e. The van der Waals surface area contributed by atoms with Gasteiger partial charge in [0.05, 0.1) is 12.1 Å². The standard InChI is InChI=1S/C23H22ClFN2O3/c1-15-3-6-17(7-4-15)27-23(28)14-30-21-10-5-16(11-22(21)29-2)13-26-18-8-9-20(25)19(24)12-18/h3-12,26H,13-14H2,1-2H3,(H,27,28). The number of methoxy groups -OCH3 is 1. The van der Waals surface area contributed by atoms with E-state index in [4.69, 9.17) is 21.1 Å². The van der Waals surface area contributed by atoms with Crippen LogP contribution in [0, 0.1) is 12.7 Å². The number of aryl methyl sites for hydroxylation is 1. The number of rotatable bonds is 8. The lowest BCUT2D eigenvalue weighted by Crippen LogP contribution is -2.20. The largest absolute Gasteiger partial charge is 0.493 e. The van der Waals surface area contributed by atoms with Crippen LogP contribution in [0.15, 0.2) is 60.7 Å². The quantitative estimate of drug-likeness (QED) is 0.502. The molecule has 7 heteroatoms. The summed E-state index contributed by atoms with van der Waals surface area (Å²) in [4.78, 5) is 12.1. The maximum atomic E-state index is 13.3. The number of amides is 1. The van der Waals surface area contributed by atoms with E-state index in [-0.39, 0.29) is 17.5 Å². The molecule has 0 saturated carbocycles. The molecule has 0 fully saturated rings. The summed E-state index contributed by atoms with van der Waals surface area (Å²) >= 11 is 5.80. The minimum Gasteiger partial charge on any atom is -0.493 e. The second-order valence-corrected chi connectivity index (χ2v) is 7.08. The minimum absolute atomic E-state index is 0.0604. The first kappa shape index (κ1) is 21.5. The first-order valence-corrected chi connectivity index (χ1v) is 9.67. The molecule has 0 bridgehead atoms. The molecule has 30 heavy (non-hydrogen) atoms. The molecule has 0 atom stereocenters. The summed E-state index contributed by atoms with van der Waals surface area (Å²) < 4.78 is 24.3. The Balaban J connectivity index is 1.57. The Morgan fingerprint density at radius 2 is 1.73 bits per heavy atom. The summed E-state index contributed by atoms with van der Waals surface area (Å²) in [5, 5.41) is 6.01. The minimum atomic E-state index is -0.461. The zero-order valence-electron chi connectivity index (χ0n) is 16.7. The van der Waals surface area contributed by atoms with E-state index in [0.29, 0.717) is 29.4 Å². The molecule has 3 aromatic rings. The summed E-state index contributed by atoms with van der Waals surface area (Å²) in [6, 6.07) is 17.4. The van der Waals surface area contributed by atoms with Crippen molar-refractivity contribution in [2.24, 2.45) is 0 Å². The Morgan fingerprint density at radius 1 is 1.00 bits per heavy atom. The van der Waals surface area contributed by atoms with Crippen LogP contribution < -0.4 is 20.1 Å². The molecule has 1 amide bonds. The number of hydrogen-bond acceptors (Lipinski definition) is 4. The van der Waals surface area contributed by atoms with E-state index < -0.39 is 5.82 Å². The molecule has 0 unspecified atom stereocenters. The van der Waals surface area contributed by atoms with Crippen LogP contribution in [-0.2, 0) is 11.3 Å². The SMILES string of the molecule is COc1cc(CNc2ccc(F)c(Cl)c2)ccc1OCC(=O)Nc1ccc(C)cc1. The molecule has 0 aliphatic carbocycles. The monoisotopic (exact) mass is 428 g/mol. The molecular weight excluding hydrogens is 407 g/mol. The molecule has 0 saturated heterocycles. The van der Waals surface area contributed by atoms with Gasteiger partial charge in [-0.1, -0.05) is 35.4 Å². The molecule has 0 radical (unpaired) electrons. The lowest BCUT2D eigenvalue weighted by Gasteiger charge is -2.13. The van der Waals surface area contributed by atoms with E-state index in [1.165, 1.54) is 19.2 Å². The number of anilines is 2. The Kier molecular flexibility index (Phi) is 7.14. The summed E-state index contributed by atoms with van der Waals surface area (Å²) in [6.45, 7) is 2.32. The van der Waals surface area contributed by atoms with Gasteiger partial charge in [0.25, 0.3) is 5.91 Å². The zero-order chi connectivity index (χ0) is 21.5. The molecule has 3 rings (SSSR count). The lowest BCUT2D eigenvalue weighted by molar-refractivity contribution is -0.118. The predicted molar refractivity (Wildman–Crippen MR) is 117 cm³/mol. The highest BCUT2D eigenvalue weighted by Gasteiger charge is 2.10. The molecule has 0 aromatic heterocycles. The van der Waals surface area contributed by atoms with Crippen LogP contribution in [-0.4, -0.2) is 19.6 Å². The van der Waals surface area contributed by atoms with Crippen molar-refractivity contribution in [1.82, 2.24) is 0 Å². The van der Waals surface area contributed by atoms with Gasteiger partial charge in [-0.05, 0) is 55.0 Å². The van der Waals surface area contributed by atoms with E-state index in [9.17, 15) is 9.18 Å². The topological polar surface area (TPSA) is 59.6 Å². The third-order valence-corrected chi connectivity index (χ3v) is 4.63. The highest BCUT2D eigenvalue weighted by atomic mass is 35.5. The number of ether oxygens (including phenoxy) is 2. The van der Waals surface area contributed by atoms with Crippen molar-refractivity contribution in [1.29, 1.82) is 0 Å². The maximum Gasteiger partial charge on any atom is 0.262 e. The molecule has 0 heterocycles. The van der Waals surface area contributed by atoms with Crippen LogP contribution in [0.5, 0.6) is 11.5 Å². The van der Waals surface area contributed by atoms with Crippen molar-refractivity contribution in [3.63, 3.8) is 0 Å².